The first kappa shape index (κ1) is 15.3. The van der Waals surface area contributed by atoms with Crippen molar-refractivity contribution in [3.8, 4) is 0 Å². The first-order valence-corrected chi connectivity index (χ1v) is 7.56. The van der Waals surface area contributed by atoms with E-state index in [2.05, 4.69) is 5.32 Å². The number of amides is 1. The van der Waals surface area contributed by atoms with Crippen LogP contribution in [0.2, 0.25) is 0 Å². The van der Waals surface area contributed by atoms with E-state index in [4.69, 9.17) is 0 Å². The Morgan fingerprint density at radius 3 is 2.24 bits per heavy atom. The number of nitrogens with one attached hydrogen (secondary N) is 1. The molecule has 0 bridgehead atoms. The number of para-hydroxylation sites is 1. The number of hydrogen-bond acceptors (Lipinski definition) is 3. The molecule has 0 heterocycles. The maximum absolute atomic E-state index is 12.2. The van der Waals surface area contributed by atoms with Crippen LogP contribution in [0, 0.1) is 5.92 Å². The fraction of sp³-hybridized carbons (Fsp3) is 0.176. The monoisotopic (exact) mass is 299 g/mol. The normalized spacial score (nSPS) is 10.4. The molecule has 1 N–H and O–H groups in total. The largest absolute Gasteiger partial charge is 0.321 e. The maximum atomic E-state index is 12.2. The van der Waals surface area contributed by atoms with Crippen LogP contribution in [0.25, 0.3) is 0 Å². The summed E-state index contributed by atoms with van der Waals surface area (Å²) in [4.78, 5) is 24.8. The quantitative estimate of drug-likeness (QED) is 0.860. The number of carbonyl (C=O) groups excluding carboxylic acids is 2. The molecule has 0 aromatic heterocycles. The average Bonchev–Trinajstić information content (AvgIpc) is 2.50. The van der Waals surface area contributed by atoms with E-state index in [9.17, 15) is 9.59 Å². The van der Waals surface area contributed by atoms with Crippen LogP contribution in [0.1, 0.15) is 24.2 Å². The highest BCUT2D eigenvalue weighted by molar-refractivity contribution is 8.13. The van der Waals surface area contributed by atoms with Gasteiger partial charge in [0.1, 0.15) is 0 Å². The van der Waals surface area contributed by atoms with Crippen molar-refractivity contribution in [3.05, 3.63) is 60.2 Å². The molecule has 108 valence electrons. The first-order valence-electron chi connectivity index (χ1n) is 6.75. The molecule has 21 heavy (non-hydrogen) atoms. The summed E-state index contributed by atoms with van der Waals surface area (Å²) in [7, 11) is 0. The molecule has 2 aromatic carbocycles. The Hall–Kier alpha value is -2.07. The summed E-state index contributed by atoms with van der Waals surface area (Å²) in [6.45, 7) is 3.72. The van der Waals surface area contributed by atoms with Crippen LogP contribution < -0.4 is 5.32 Å². The zero-order valence-corrected chi connectivity index (χ0v) is 12.8. The number of hydrogen-bond donors (Lipinski definition) is 1. The highest BCUT2D eigenvalue weighted by Gasteiger charge is 2.14. The molecule has 1 amide bonds. The van der Waals surface area contributed by atoms with Gasteiger partial charge < -0.3 is 5.32 Å². The zero-order chi connectivity index (χ0) is 15.2. The summed E-state index contributed by atoms with van der Waals surface area (Å²) in [6.07, 6.45) is 0. The number of thioether (sulfide) groups is 1. The minimum absolute atomic E-state index is 0.0483. The molecule has 0 aliphatic carbocycles. The first-order chi connectivity index (χ1) is 10.1. The van der Waals surface area contributed by atoms with Crippen molar-refractivity contribution in [2.24, 2.45) is 5.92 Å². The molecule has 0 atom stereocenters. The second kappa shape index (κ2) is 7.09. The molecule has 3 nitrogen and oxygen atoms in total. The molecule has 0 fully saturated rings. The zero-order valence-electron chi connectivity index (χ0n) is 12.0. The predicted octanol–water partition coefficient (Wildman–Crippen LogP) is 4.21. The fourth-order valence-corrected chi connectivity index (χ4v) is 2.50. The van der Waals surface area contributed by atoms with Crippen LogP contribution in [0.5, 0.6) is 0 Å². The lowest BCUT2D eigenvalue weighted by Crippen LogP contribution is -2.12. The Morgan fingerprint density at radius 1 is 0.952 bits per heavy atom. The Kier molecular flexibility index (Phi) is 5.17. The van der Waals surface area contributed by atoms with E-state index in [0.717, 1.165) is 16.7 Å². The van der Waals surface area contributed by atoms with Crippen molar-refractivity contribution >= 4 is 28.5 Å². The van der Waals surface area contributed by atoms with Crippen LogP contribution >= 0.6 is 11.8 Å². The Labute approximate surface area is 128 Å². The van der Waals surface area contributed by atoms with Crippen molar-refractivity contribution in [3.63, 3.8) is 0 Å². The second-order valence-corrected chi connectivity index (χ2v) is 5.94. The molecular formula is C17H17NO2S. The van der Waals surface area contributed by atoms with Gasteiger partial charge in [0.25, 0.3) is 5.91 Å². The third kappa shape index (κ3) is 4.20. The summed E-state index contributed by atoms with van der Waals surface area (Å²) in [5, 5.41) is 2.94. The smallest absolute Gasteiger partial charge is 0.255 e. The summed E-state index contributed by atoms with van der Waals surface area (Å²) in [5.41, 5.74) is 1.25. The van der Waals surface area contributed by atoms with Gasteiger partial charge >= 0.3 is 0 Å². The van der Waals surface area contributed by atoms with Crippen LogP contribution in [0.4, 0.5) is 5.69 Å². The van der Waals surface area contributed by atoms with Crippen LogP contribution in [-0.2, 0) is 4.79 Å². The lowest BCUT2D eigenvalue weighted by atomic mass is 10.2. The Morgan fingerprint density at radius 2 is 1.57 bits per heavy atom. The Balaban J connectivity index is 2.17. The van der Waals surface area contributed by atoms with Crippen molar-refractivity contribution in [1.82, 2.24) is 0 Å². The van der Waals surface area contributed by atoms with E-state index < -0.39 is 0 Å². The van der Waals surface area contributed by atoms with Gasteiger partial charge in [0, 0.05) is 16.4 Å². The van der Waals surface area contributed by atoms with Crippen molar-refractivity contribution in [2.75, 3.05) is 5.32 Å². The second-order valence-electron chi connectivity index (χ2n) is 4.89. The third-order valence-electron chi connectivity index (χ3n) is 2.85. The van der Waals surface area contributed by atoms with Gasteiger partial charge in [0.15, 0.2) is 5.12 Å². The summed E-state index contributed by atoms with van der Waals surface area (Å²) in [6, 6.07) is 16.3. The fourth-order valence-electron chi connectivity index (χ4n) is 1.67. The van der Waals surface area contributed by atoms with E-state index in [1.165, 1.54) is 0 Å². The molecule has 2 rings (SSSR count). The van der Waals surface area contributed by atoms with E-state index in [-0.39, 0.29) is 16.9 Å². The lowest BCUT2D eigenvalue weighted by molar-refractivity contribution is -0.113. The van der Waals surface area contributed by atoms with Crippen LogP contribution in [-0.4, -0.2) is 11.0 Å². The molecule has 0 aliphatic heterocycles. The summed E-state index contributed by atoms with van der Waals surface area (Å²) < 4.78 is 0. The third-order valence-corrected chi connectivity index (χ3v) is 4.10. The van der Waals surface area contributed by atoms with E-state index in [0.29, 0.717) is 11.3 Å². The number of anilines is 1. The molecule has 0 saturated carbocycles. The van der Waals surface area contributed by atoms with Gasteiger partial charge in [-0.15, -0.1) is 0 Å². The molecule has 0 unspecified atom stereocenters. The number of rotatable bonds is 4. The molecule has 0 aliphatic rings. The average molecular weight is 299 g/mol. The molecule has 0 saturated heterocycles. The van der Waals surface area contributed by atoms with E-state index in [1.54, 1.807) is 18.2 Å². The van der Waals surface area contributed by atoms with E-state index in [1.807, 2.05) is 50.2 Å². The van der Waals surface area contributed by atoms with Crippen LogP contribution in [0.3, 0.4) is 0 Å². The van der Waals surface area contributed by atoms with Crippen molar-refractivity contribution < 1.29 is 9.59 Å². The van der Waals surface area contributed by atoms with Gasteiger partial charge in [0.05, 0.1) is 5.69 Å². The standard InChI is InChI=1S/C17H17NO2S/c1-12(2)17(20)21-15-11-7-6-10-14(15)18-16(19)13-8-4-3-5-9-13/h3-12H,1-2H3,(H,18,19). The molecule has 0 spiro atoms. The van der Waals surface area contributed by atoms with Gasteiger partial charge in [-0.25, -0.2) is 0 Å². The Bertz CT molecular complexity index is 638. The SMILES string of the molecule is CC(C)C(=O)Sc1ccccc1NC(=O)c1ccccc1. The van der Waals surface area contributed by atoms with E-state index >= 15 is 0 Å². The number of benzene rings is 2. The molecule has 2 aromatic rings. The topological polar surface area (TPSA) is 46.2 Å². The van der Waals surface area contributed by atoms with Crippen molar-refractivity contribution in [1.29, 1.82) is 0 Å². The van der Waals surface area contributed by atoms with Gasteiger partial charge in [-0.05, 0) is 36.0 Å². The molecular weight excluding hydrogens is 282 g/mol. The minimum atomic E-state index is -0.180. The minimum Gasteiger partial charge on any atom is -0.321 e. The summed E-state index contributed by atoms with van der Waals surface area (Å²) >= 11 is 1.16. The van der Waals surface area contributed by atoms with Gasteiger partial charge in [-0.2, -0.15) is 0 Å². The van der Waals surface area contributed by atoms with Gasteiger partial charge in [-0.1, -0.05) is 44.2 Å². The predicted molar refractivity (Wildman–Crippen MR) is 86.5 cm³/mol. The van der Waals surface area contributed by atoms with Crippen molar-refractivity contribution in [2.45, 2.75) is 18.7 Å². The van der Waals surface area contributed by atoms with Gasteiger partial charge in [-0.3, -0.25) is 9.59 Å². The highest BCUT2D eigenvalue weighted by Crippen LogP contribution is 2.29. The number of carbonyl (C=O) groups is 2. The van der Waals surface area contributed by atoms with Gasteiger partial charge in [0.2, 0.25) is 0 Å². The summed E-state index contributed by atoms with van der Waals surface area (Å²) in [5.74, 6) is -0.228. The molecule has 0 radical (unpaired) electrons. The highest BCUT2D eigenvalue weighted by atomic mass is 32.2. The molecule has 4 heteroatoms. The van der Waals surface area contributed by atoms with Crippen LogP contribution in [0.15, 0.2) is 59.5 Å². The lowest BCUT2D eigenvalue weighted by Gasteiger charge is -2.11. The maximum Gasteiger partial charge on any atom is 0.255 e.